The third-order valence-corrected chi connectivity index (χ3v) is 2.08. The SMILES string of the molecule is COC1C=CC(c2ccccc2)O1. The van der Waals surface area contributed by atoms with Gasteiger partial charge < -0.3 is 9.47 Å². The van der Waals surface area contributed by atoms with Crippen LogP contribution in [0.5, 0.6) is 0 Å². The molecule has 1 aliphatic rings. The van der Waals surface area contributed by atoms with Crippen molar-refractivity contribution in [2.75, 3.05) is 7.11 Å². The van der Waals surface area contributed by atoms with E-state index in [4.69, 9.17) is 9.47 Å². The lowest BCUT2D eigenvalue weighted by Gasteiger charge is -2.12. The van der Waals surface area contributed by atoms with Crippen LogP contribution >= 0.6 is 0 Å². The first-order valence-corrected chi connectivity index (χ1v) is 4.31. The molecule has 2 atom stereocenters. The van der Waals surface area contributed by atoms with E-state index in [0.717, 1.165) is 0 Å². The van der Waals surface area contributed by atoms with Gasteiger partial charge in [-0.25, -0.2) is 0 Å². The van der Waals surface area contributed by atoms with Crippen LogP contribution in [0.3, 0.4) is 0 Å². The van der Waals surface area contributed by atoms with E-state index in [1.807, 2.05) is 42.5 Å². The largest absolute Gasteiger partial charge is 0.352 e. The summed E-state index contributed by atoms with van der Waals surface area (Å²) in [5, 5.41) is 0. The zero-order valence-corrected chi connectivity index (χ0v) is 7.51. The van der Waals surface area contributed by atoms with Crippen molar-refractivity contribution in [3.05, 3.63) is 48.0 Å². The highest BCUT2D eigenvalue weighted by Crippen LogP contribution is 2.26. The summed E-state index contributed by atoms with van der Waals surface area (Å²) in [6.45, 7) is 0. The minimum atomic E-state index is -0.190. The number of hydrogen-bond acceptors (Lipinski definition) is 2. The monoisotopic (exact) mass is 176 g/mol. The Kier molecular flexibility index (Phi) is 2.43. The van der Waals surface area contributed by atoms with Crippen LogP contribution in [0.25, 0.3) is 0 Å². The molecule has 2 nitrogen and oxygen atoms in total. The molecule has 1 aromatic carbocycles. The Balaban J connectivity index is 2.09. The molecule has 2 rings (SSSR count). The molecule has 1 aliphatic heterocycles. The summed E-state index contributed by atoms with van der Waals surface area (Å²) in [5.74, 6) is 0. The van der Waals surface area contributed by atoms with Gasteiger partial charge in [-0.3, -0.25) is 0 Å². The second kappa shape index (κ2) is 3.73. The van der Waals surface area contributed by atoms with Crippen molar-refractivity contribution >= 4 is 0 Å². The lowest BCUT2D eigenvalue weighted by Crippen LogP contribution is -2.08. The van der Waals surface area contributed by atoms with Gasteiger partial charge in [-0.15, -0.1) is 0 Å². The molecule has 1 aromatic rings. The Hall–Kier alpha value is -1.12. The van der Waals surface area contributed by atoms with Crippen LogP contribution in [0.4, 0.5) is 0 Å². The number of ether oxygens (including phenoxy) is 2. The quantitative estimate of drug-likeness (QED) is 0.643. The van der Waals surface area contributed by atoms with E-state index in [1.165, 1.54) is 5.56 Å². The Labute approximate surface area is 77.8 Å². The maximum absolute atomic E-state index is 5.56. The molecule has 68 valence electrons. The van der Waals surface area contributed by atoms with E-state index in [-0.39, 0.29) is 12.4 Å². The van der Waals surface area contributed by atoms with E-state index < -0.39 is 0 Å². The molecule has 2 heteroatoms. The van der Waals surface area contributed by atoms with Crippen molar-refractivity contribution in [1.82, 2.24) is 0 Å². The van der Waals surface area contributed by atoms with Gasteiger partial charge in [0.25, 0.3) is 0 Å². The normalized spacial score (nSPS) is 26.5. The van der Waals surface area contributed by atoms with E-state index in [1.54, 1.807) is 7.11 Å². The molecular weight excluding hydrogens is 164 g/mol. The van der Waals surface area contributed by atoms with Crippen molar-refractivity contribution in [2.45, 2.75) is 12.4 Å². The summed E-state index contributed by atoms with van der Waals surface area (Å²) in [6.07, 6.45) is 3.80. The van der Waals surface area contributed by atoms with Crippen molar-refractivity contribution in [1.29, 1.82) is 0 Å². The van der Waals surface area contributed by atoms with Crippen molar-refractivity contribution in [3.63, 3.8) is 0 Å². The fourth-order valence-electron chi connectivity index (χ4n) is 1.39. The van der Waals surface area contributed by atoms with E-state index in [0.29, 0.717) is 0 Å². The summed E-state index contributed by atoms with van der Waals surface area (Å²) >= 11 is 0. The van der Waals surface area contributed by atoms with E-state index in [2.05, 4.69) is 0 Å². The van der Waals surface area contributed by atoms with Gasteiger partial charge in [0.2, 0.25) is 0 Å². The average Bonchev–Trinajstić information content (AvgIpc) is 2.67. The minimum absolute atomic E-state index is 0.0474. The average molecular weight is 176 g/mol. The summed E-state index contributed by atoms with van der Waals surface area (Å²) in [5.41, 5.74) is 1.17. The molecule has 13 heavy (non-hydrogen) atoms. The minimum Gasteiger partial charge on any atom is -0.352 e. The fourth-order valence-corrected chi connectivity index (χ4v) is 1.39. The van der Waals surface area contributed by atoms with E-state index in [9.17, 15) is 0 Å². The lowest BCUT2D eigenvalue weighted by molar-refractivity contribution is -0.0991. The van der Waals surface area contributed by atoms with Gasteiger partial charge in [0.05, 0.1) is 0 Å². The zero-order chi connectivity index (χ0) is 9.10. The first-order chi connectivity index (χ1) is 6.40. The molecule has 0 aromatic heterocycles. The molecule has 0 N–H and O–H groups in total. The highest BCUT2D eigenvalue weighted by atomic mass is 16.7. The highest BCUT2D eigenvalue weighted by molar-refractivity contribution is 5.23. The van der Waals surface area contributed by atoms with Gasteiger partial charge in [-0.1, -0.05) is 36.4 Å². The van der Waals surface area contributed by atoms with Gasteiger partial charge in [0.15, 0.2) is 6.29 Å². The van der Waals surface area contributed by atoms with Crippen LogP contribution < -0.4 is 0 Å². The molecule has 0 radical (unpaired) electrons. The van der Waals surface area contributed by atoms with Crippen LogP contribution in [-0.2, 0) is 9.47 Å². The molecule has 0 spiro atoms. The standard InChI is InChI=1S/C11H12O2/c1-12-11-8-7-10(13-11)9-5-3-2-4-6-9/h2-8,10-11H,1H3. The predicted octanol–water partition coefficient (Wildman–Crippen LogP) is 2.29. The third-order valence-electron chi connectivity index (χ3n) is 2.08. The Bertz CT molecular complexity index is 292. The molecule has 0 aliphatic carbocycles. The van der Waals surface area contributed by atoms with Crippen LogP contribution in [0, 0.1) is 0 Å². The second-order valence-corrected chi connectivity index (χ2v) is 2.96. The maximum Gasteiger partial charge on any atom is 0.177 e. The van der Waals surface area contributed by atoms with Crippen molar-refractivity contribution in [2.24, 2.45) is 0 Å². The zero-order valence-electron chi connectivity index (χ0n) is 7.51. The Morgan fingerprint density at radius 2 is 1.92 bits per heavy atom. The molecule has 1 heterocycles. The molecule has 0 amide bonds. The second-order valence-electron chi connectivity index (χ2n) is 2.96. The number of rotatable bonds is 2. The van der Waals surface area contributed by atoms with Gasteiger partial charge in [-0.05, 0) is 11.6 Å². The highest BCUT2D eigenvalue weighted by Gasteiger charge is 2.19. The van der Waals surface area contributed by atoms with Gasteiger partial charge in [0, 0.05) is 7.11 Å². The van der Waals surface area contributed by atoms with Gasteiger partial charge in [0.1, 0.15) is 6.10 Å². The lowest BCUT2D eigenvalue weighted by atomic mass is 10.1. The summed E-state index contributed by atoms with van der Waals surface area (Å²) in [7, 11) is 1.64. The fraction of sp³-hybridized carbons (Fsp3) is 0.273. The topological polar surface area (TPSA) is 18.5 Å². The van der Waals surface area contributed by atoms with E-state index >= 15 is 0 Å². The van der Waals surface area contributed by atoms with Crippen LogP contribution in [0.15, 0.2) is 42.5 Å². The molecule has 2 unspecified atom stereocenters. The summed E-state index contributed by atoms with van der Waals surface area (Å²) in [6, 6.07) is 10.1. The van der Waals surface area contributed by atoms with Crippen LogP contribution in [0.1, 0.15) is 11.7 Å². The Morgan fingerprint density at radius 3 is 2.54 bits per heavy atom. The maximum atomic E-state index is 5.56. The summed E-state index contributed by atoms with van der Waals surface area (Å²) in [4.78, 5) is 0. The molecule has 0 saturated heterocycles. The van der Waals surface area contributed by atoms with Crippen LogP contribution in [-0.4, -0.2) is 13.4 Å². The third kappa shape index (κ3) is 1.79. The first kappa shape index (κ1) is 8.48. The Morgan fingerprint density at radius 1 is 1.15 bits per heavy atom. The summed E-state index contributed by atoms with van der Waals surface area (Å²) < 4.78 is 10.6. The van der Waals surface area contributed by atoms with Gasteiger partial charge >= 0.3 is 0 Å². The van der Waals surface area contributed by atoms with Crippen LogP contribution in [0.2, 0.25) is 0 Å². The molecule has 0 bridgehead atoms. The molecular formula is C11H12O2. The number of benzene rings is 1. The van der Waals surface area contributed by atoms with Crippen molar-refractivity contribution < 1.29 is 9.47 Å². The predicted molar refractivity (Wildman–Crippen MR) is 50.2 cm³/mol. The number of methoxy groups -OCH3 is 1. The van der Waals surface area contributed by atoms with Crippen molar-refractivity contribution in [3.8, 4) is 0 Å². The smallest absolute Gasteiger partial charge is 0.177 e. The van der Waals surface area contributed by atoms with Gasteiger partial charge in [-0.2, -0.15) is 0 Å². The molecule has 0 fully saturated rings. The number of hydrogen-bond donors (Lipinski definition) is 0. The first-order valence-electron chi connectivity index (χ1n) is 4.31. The molecule has 0 saturated carbocycles.